The van der Waals surface area contributed by atoms with Crippen LogP contribution in [0.1, 0.15) is 5.89 Å². The molecule has 2 heterocycles. The molecule has 0 spiro atoms. The normalized spacial score (nSPS) is 11.1. The molecule has 22 heavy (non-hydrogen) atoms. The Bertz CT molecular complexity index is 869. The molecule has 0 amide bonds. The minimum atomic E-state index is 0.556. The first kappa shape index (κ1) is 13.5. The van der Waals surface area contributed by atoms with Crippen molar-refractivity contribution in [2.24, 2.45) is 0 Å². The summed E-state index contributed by atoms with van der Waals surface area (Å²) in [5.41, 5.74) is 1.97. The second-order valence-electron chi connectivity index (χ2n) is 4.60. The number of benzene rings is 2. The highest BCUT2D eigenvalue weighted by Crippen LogP contribution is 2.31. The second-order valence-corrected chi connectivity index (χ2v) is 6.86. The lowest BCUT2D eigenvalue weighted by molar-refractivity contribution is 0.528. The summed E-state index contributed by atoms with van der Waals surface area (Å²) in [4.78, 5) is 4.58. The van der Waals surface area contributed by atoms with Gasteiger partial charge in [0.2, 0.25) is 11.8 Å². The van der Waals surface area contributed by atoms with E-state index in [2.05, 4.69) is 21.2 Å². The van der Waals surface area contributed by atoms with Crippen LogP contribution in [0.4, 0.5) is 0 Å². The minimum Gasteiger partial charge on any atom is -0.420 e. The first-order chi connectivity index (χ1) is 10.9. The van der Waals surface area contributed by atoms with Crippen molar-refractivity contribution in [3.05, 3.63) is 60.5 Å². The highest BCUT2D eigenvalue weighted by atomic mass is 32.2. The van der Waals surface area contributed by atoms with Crippen LogP contribution in [0.3, 0.4) is 0 Å². The van der Waals surface area contributed by atoms with E-state index >= 15 is 0 Å². The minimum absolute atomic E-state index is 0.556. The molecule has 4 aromatic rings. The molecule has 6 heteroatoms. The van der Waals surface area contributed by atoms with E-state index in [9.17, 15) is 0 Å². The summed E-state index contributed by atoms with van der Waals surface area (Å²) < 4.78 is 7.91. The van der Waals surface area contributed by atoms with Crippen molar-refractivity contribution in [1.29, 1.82) is 0 Å². The van der Waals surface area contributed by atoms with E-state index < -0.39 is 0 Å². The SMILES string of the molecule is c1ccc(-c2nnc(CSc3nc4ccccc4s3)o2)cc1. The van der Waals surface area contributed by atoms with Crippen molar-refractivity contribution >= 4 is 33.3 Å². The Kier molecular flexibility index (Phi) is 3.62. The number of thioether (sulfide) groups is 1. The molecule has 4 nitrogen and oxygen atoms in total. The highest BCUT2D eigenvalue weighted by Gasteiger charge is 2.10. The molecule has 0 unspecified atom stereocenters. The zero-order valence-corrected chi connectivity index (χ0v) is 13.1. The van der Waals surface area contributed by atoms with Gasteiger partial charge in [0.1, 0.15) is 0 Å². The average Bonchev–Trinajstić information content (AvgIpc) is 3.20. The monoisotopic (exact) mass is 325 g/mol. The van der Waals surface area contributed by atoms with Gasteiger partial charge in [0.25, 0.3) is 0 Å². The van der Waals surface area contributed by atoms with Gasteiger partial charge in [-0.25, -0.2) is 4.98 Å². The lowest BCUT2D eigenvalue weighted by Crippen LogP contribution is -1.79. The van der Waals surface area contributed by atoms with E-state index in [0.717, 1.165) is 15.4 Å². The number of para-hydroxylation sites is 1. The van der Waals surface area contributed by atoms with Crippen LogP contribution in [0.15, 0.2) is 63.4 Å². The summed E-state index contributed by atoms with van der Waals surface area (Å²) in [5.74, 6) is 1.79. The van der Waals surface area contributed by atoms with Gasteiger partial charge in [0.15, 0.2) is 4.34 Å². The number of thiazole rings is 1. The molecule has 0 aliphatic rings. The van der Waals surface area contributed by atoms with Crippen molar-refractivity contribution in [2.75, 3.05) is 0 Å². The molecule has 0 aliphatic carbocycles. The Balaban J connectivity index is 1.49. The fourth-order valence-corrected chi connectivity index (χ4v) is 3.95. The largest absolute Gasteiger partial charge is 0.420 e. The van der Waals surface area contributed by atoms with E-state index in [1.807, 2.05) is 48.5 Å². The lowest BCUT2D eigenvalue weighted by atomic mass is 10.2. The average molecular weight is 325 g/mol. The van der Waals surface area contributed by atoms with Gasteiger partial charge in [0.05, 0.1) is 16.0 Å². The number of hydrogen-bond donors (Lipinski definition) is 0. The van der Waals surface area contributed by atoms with Crippen LogP contribution >= 0.6 is 23.1 Å². The molecule has 0 aliphatic heterocycles. The van der Waals surface area contributed by atoms with Crippen molar-refractivity contribution in [3.8, 4) is 11.5 Å². The van der Waals surface area contributed by atoms with Crippen LogP contribution in [0.2, 0.25) is 0 Å². The molecular formula is C16H11N3OS2. The molecular weight excluding hydrogens is 314 g/mol. The quantitative estimate of drug-likeness (QED) is 0.512. The maximum absolute atomic E-state index is 5.70. The van der Waals surface area contributed by atoms with E-state index in [1.165, 1.54) is 4.70 Å². The van der Waals surface area contributed by atoms with Gasteiger partial charge in [-0.1, -0.05) is 42.1 Å². The third-order valence-corrected chi connectivity index (χ3v) is 5.25. The Hall–Kier alpha value is -2.18. The fourth-order valence-electron chi connectivity index (χ4n) is 2.05. The smallest absolute Gasteiger partial charge is 0.247 e. The Morgan fingerprint density at radius 2 is 1.77 bits per heavy atom. The number of fused-ring (bicyclic) bond motifs is 1. The Labute approximate surface area is 135 Å². The number of hydrogen-bond acceptors (Lipinski definition) is 6. The lowest BCUT2D eigenvalue weighted by Gasteiger charge is -1.93. The summed E-state index contributed by atoms with van der Waals surface area (Å²) in [6, 6.07) is 17.9. The first-order valence-corrected chi connectivity index (χ1v) is 8.55. The second kappa shape index (κ2) is 5.90. The van der Waals surface area contributed by atoms with E-state index in [1.54, 1.807) is 23.1 Å². The topological polar surface area (TPSA) is 51.8 Å². The maximum Gasteiger partial charge on any atom is 0.247 e. The Morgan fingerprint density at radius 3 is 2.64 bits per heavy atom. The van der Waals surface area contributed by atoms with Crippen molar-refractivity contribution in [2.45, 2.75) is 10.1 Å². The van der Waals surface area contributed by atoms with Crippen LogP contribution in [0, 0.1) is 0 Å². The molecule has 4 rings (SSSR count). The predicted molar refractivity (Wildman–Crippen MR) is 88.9 cm³/mol. The van der Waals surface area contributed by atoms with Gasteiger partial charge in [0, 0.05) is 5.56 Å². The standard InChI is InChI=1S/C16H11N3OS2/c1-2-6-11(7-3-1)15-19-18-14(20-15)10-21-16-17-12-8-4-5-9-13(12)22-16/h1-9H,10H2. The Morgan fingerprint density at radius 1 is 0.955 bits per heavy atom. The molecule has 0 radical (unpaired) electrons. The first-order valence-electron chi connectivity index (χ1n) is 6.75. The molecule has 0 bridgehead atoms. The molecule has 108 valence electrons. The predicted octanol–water partition coefficient (Wildman–Crippen LogP) is 4.64. The maximum atomic E-state index is 5.70. The van der Waals surface area contributed by atoms with Crippen LogP contribution in [-0.2, 0) is 5.75 Å². The molecule has 0 saturated carbocycles. The van der Waals surface area contributed by atoms with E-state index in [0.29, 0.717) is 17.5 Å². The van der Waals surface area contributed by atoms with E-state index in [-0.39, 0.29) is 0 Å². The summed E-state index contributed by atoms with van der Waals surface area (Å²) >= 11 is 3.30. The van der Waals surface area contributed by atoms with Crippen LogP contribution in [0.5, 0.6) is 0 Å². The summed E-state index contributed by atoms with van der Waals surface area (Å²) in [6.45, 7) is 0. The van der Waals surface area contributed by atoms with Gasteiger partial charge in [-0.2, -0.15) is 0 Å². The van der Waals surface area contributed by atoms with Crippen LogP contribution in [-0.4, -0.2) is 15.2 Å². The van der Waals surface area contributed by atoms with Gasteiger partial charge in [-0.05, 0) is 24.3 Å². The zero-order valence-electron chi connectivity index (χ0n) is 11.5. The molecule has 0 atom stereocenters. The van der Waals surface area contributed by atoms with Crippen molar-refractivity contribution < 1.29 is 4.42 Å². The van der Waals surface area contributed by atoms with Gasteiger partial charge in [-0.15, -0.1) is 21.5 Å². The van der Waals surface area contributed by atoms with Crippen LogP contribution < -0.4 is 0 Å². The van der Waals surface area contributed by atoms with Gasteiger partial charge in [-0.3, -0.25) is 0 Å². The molecule has 2 aromatic carbocycles. The highest BCUT2D eigenvalue weighted by molar-refractivity contribution is 8.00. The molecule has 2 aromatic heterocycles. The number of nitrogens with zero attached hydrogens (tertiary/aromatic N) is 3. The number of rotatable bonds is 4. The molecule has 0 fully saturated rings. The third kappa shape index (κ3) is 2.75. The summed E-state index contributed by atoms with van der Waals surface area (Å²) in [7, 11) is 0. The van der Waals surface area contributed by atoms with Crippen molar-refractivity contribution in [3.63, 3.8) is 0 Å². The van der Waals surface area contributed by atoms with E-state index in [4.69, 9.17) is 4.42 Å². The van der Waals surface area contributed by atoms with Gasteiger partial charge < -0.3 is 4.42 Å². The van der Waals surface area contributed by atoms with Gasteiger partial charge >= 0.3 is 0 Å². The summed E-state index contributed by atoms with van der Waals surface area (Å²) in [5, 5.41) is 8.20. The number of aromatic nitrogens is 3. The fraction of sp³-hybridized carbons (Fsp3) is 0.0625. The molecule has 0 N–H and O–H groups in total. The molecule has 0 saturated heterocycles. The zero-order chi connectivity index (χ0) is 14.8. The van der Waals surface area contributed by atoms with Crippen molar-refractivity contribution in [1.82, 2.24) is 15.2 Å². The third-order valence-electron chi connectivity index (χ3n) is 3.08. The summed E-state index contributed by atoms with van der Waals surface area (Å²) in [6.07, 6.45) is 0. The van der Waals surface area contributed by atoms with Crippen LogP contribution in [0.25, 0.3) is 21.7 Å².